The Kier molecular flexibility index (Phi) is 8.34. The fourth-order valence-electron chi connectivity index (χ4n) is 1.93. The van der Waals surface area contributed by atoms with Gasteiger partial charge in [-0.25, -0.2) is 0 Å². The summed E-state index contributed by atoms with van der Waals surface area (Å²) >= 11 is 10.3. The summed E-state index contributed by atoms with van der Waals surface area (Å²) in [5, 5.41) is 0. The summed E-state index contributed by atoms with van der Waals surface area (Å²) < 4.78 is 9.05. The van der Waals surface area contributed by atoms with Crippen LogP contribution in [0.15, 0.2) is 41.1 Å². The summed E-state index contributed by atoms with van der Waals surface area (Å²) in [6.45, 7) is 2.20. The molecule has 1 fully saturated rings. The second-order valence-electron chi connectivity index (χ2n) is 5.33. The van der Waals surface area contributed by atoms with E-state index in [4.69, 9.17) is 0 Å². The van der Waals surface area contributed by atoms with Crippen molar-refractivity contribution in [3.05, 3.63) is 50.5 Å². The molecule has 7 heteroatoms. The fourth-order valence-corrected chi connectivity index (χ4v) is 3.53. The molecule has 0 bridgehead atoms. The predicted molar refractivity (Wildman–Crippen MR) is 107 cm³/mol. The van der Waals surface area contributed by atoms with Crippen molar-refractivity contribution in [3.8, 4) is 0 Å². The molecule has 0 radical (unpaired) electrons. The molecule has 0 spiro atoms. The number of hydrogen-bond donors (Lipinski definition) is 0. The quantitative estimate of drug-likeness (QED) is 0.306. The van der Waals surface area contributed by atoms with E-state index in [1.165, 1.54) is 28.8 Å². The second kappa shape index (κ2) is 9.49. The van der Waals surface area contributed by atoms with Gasteiger partial charge in [0.1, 0.15) is 0 Å². The van der Waals surface area contributed by atoms with Gasteiger partial charge >= 0.3 is 77.0 Å². The van der Waals surface area contributed by atoms with E-state index in [9.17, 15) is 0 Å². The first-order chi connectivity index (χ1) is 10.5. The molecule has 3 nitrogen and oxygen atoms in total. The Bertz CT molecular complexity index is 648. The van der Waals surface area contributed by atoms with Gasteiger partial charge in [0.05, 0.1) is 0 Å². The number of rotatable bonds is 4. The molecule has 0 N–H and O–H groups in total. The van der Waals surface area contributed by atoms with Crippen molar-refractivity contribution in [2.75, 3.05) is 0 Å². The standard InChI is InChI=1S/C8H12N2.C7H6BrI2N.Pt/c1-9-4-5-10(7-9)6-8-2-3-8;8-7-3-1-6(2-4-7)5-11(9)10;/h4-5,8H,2-3,6H2,1H3;1-4H,5H2;. The SMILES string of the molecule is Brc1ccc(CN(I)I)cc1.Cn1ccn(CC2CC2)[c]1=[Pt]. The number of aryl methyl sites for hydroxylation is 1. The van der Waals surface area contributed by atoms with Gasteiger partial charge in [0.2, 0.25) is 0 Å². The first kappa shape index (κ1) is 19.3. The fraction of sp³-hybridized carbons (Fsp3) is 0.400. The Hall–Kier alpha value is 1.02. The topological polar surface area (TPSA) is 13.1 Å². The number of hydrogen-bond acceptors (Lipinski definition) is 1. The summed E-state index contributed by atoms with van der Waals surface area (Å²) in [7, 11) is 2.09. The van der Waals surface area contributed by atoms with Crippen molar-refractivity contribution in [1.29, 1.82) is 0 Å². The Morgan fingerprint density at radius 1 is 1.23 bits per heavy atom. The van der Waals surface area contributed by atoms with Gasteiger partial charge in [-0.1, -0.05) is 28.1 Å². The normalized spacial score (nSPS) is 14.0. The van der Waals surface area contributed by atoms with Crippen LogP contribution in [0.5, 0.6) is 0 Å². The number of imidazole rings is 1. The molecule has 124 valence electrons. The number of benzene rings is 1. The van der Waals surface area contributed by atoms with E-state index in [0.29, 0.717) is 0 Å². The summed E-state index contributed by atoms with van der Waals surface area (Å²) in [6.07, 6.45) is 7.14. The summed E-state index contributed by atoms with van der Waals surface area (Å²) in [6, 6.07) is 8.36. The second-order valence-corrected chi connectivity index (χ2v) is 11.4. The van der Waals surface area contributed by atoms with Crippen LogP contribution in [0.1, 0.15) is 18.4 Å². The van der Waals surface area contributed by atoms with Crippen molar-refractivity contribution in [3.63, 3.8) is 0 Å². The van der Waals surface area contributed by atoms with Crippen LogP contribution in [0.3, 0.4) is 0 Å². The minimum absolute atomic E-state index is 0.969. The van der Waals surface area contributed by atoms with Crippen molar-refractivity contribution in [1.82, 2.24) is 10.5 Å². The van der Waals surface area contributed by atoms with Gasteiger partial charge in [-0.05, 0) is 17.7 Å². The van der Waals surface area contributed by atoms with Gasteiger partial charge in [0, 0.05) is 56.7 Å². The molecule has 3 rings (SSSR count). The molecule has 1 aliphatic carbocycles. The van der Waals surface area contributed by atoms with E-state index < -0.39 is 0 Å². The third-order valence-corrected chi connectivity index (χ3v) is 5.99. The molecular weight excluding hydrogens is 751 g/mol. The molecule has 1 aromatic carbocycles. The molecule has 0 saturated heterocycles. The maximum atomic E-state index is 3.39. The Morgan fingerprint density at radius 2 is 1.86 bits per heavy atom. The molecular formula is C15H18BrI2N3Pt. The molecule has 1 heterocycles. The molecule has 22 heavy (non-hydrogen) atoms. The molecule has 1 aromatic heterocycles. The molecule has 1 aliphatic rings. The summed E-state index contributed by atoms with van der Waals surface area (Å²) in [5.41, 5.74) is 1.33. The Balaban J connectivity index is 0.000000160. The zero-order chi connectivity index (χ0) is 16.1. The van der Waals surface area contributed by atoms with Crippen LogP contribution in [0.25, 0.3) is 0 Å². The molecule has 0 aliphatic heterocycles. The van der Waals surface area contributed by atoms with Gasteiger partial charge in [-0.3, -0.25) is 0 Å². The number of halogens is 3. The summed E-state index contributed by atoms with van der Waals surface area (Å²) in [5.74, 6) is 0.969. The van der Waals surface area contributed by atoms with Gasteiger partial charge < -0.3 is 0 Å². The minimum atomic E-state index is 0.969. The van der Waals surface area contributed by atoms with E-state index >= 15 is 0 Å². The van der Waals surface area contributed by atoms with E-state index in [-0.39, 0.29) is 0 Å². The van der Waals surface area contributed by atoms with Crippen LogP contribution in [-0.2, 0) is 39.5 Å². The van der Waals surface area contributed by atoms with Crippen molar-refractivity contribution < 1.29 is 19.4 Å². The Morgan fingerprint density at radius 3 is 2.32 bits per heavy atom. The van der Waals surface area contributed by atoms with Crippen LogP contribution in [-0.4, -0.2) is 10.5 Å². The van der Waals surface area contributed by atoms with Crippen LogP contribution in [0.4, 0.5) is 0 Å². The predicted octanol–water partition coefficient (Wildman–Crippen LogP) is 5.27. The van der Waals surface area contributed by atoms with Gasteiger partial charge in [0.15, 0.2) is 0 Å². The van der Waals surface area contributed by atoms with Crippen LogP contribution < -0.4 is 0 Å². The van der Waals surface area contributed by atoms with E-state index in [1.807, 2.05) is 0 Å². The van der Waals surface area contributed by atoms with E-state index in [0.717, 1.165) is 16.9 Å². The van der Waals surface area contributed by atoms with Crippen molar-refractivity contribution >= 4 is 61.7 Å². The first-order valence-electron chi connectivity index (χ1n) is 6.96. The first-order valence-corrected chi connectivity index (χ1v) is 10.8. The van der Waals surface area contributed by atoms with Gasteiger partial charge in [-0.15, -0.1) is 0 Å². The van der Waals surface area contributed by atoms with E-state index in [1.54, 1.807) is 0 Å². The van der Waals surface area contributed by atoms with E-state index in [2.05, 4.69) is 135 Å². The Labute approximate surface area is 179 Å². The number of aromatic nitrogens is 2. The molecule has 0 amide bonds. The average Bonchev–Trinajstić information content (AvgIpc) is 3.23. The third-order valence-electron chi connectivity index (χ3n) is 3.33. The van der Waals surface area contributed by atoms with Gasteiger partial charge in [0.25, 0.3) is 0 Å². The average molecular weight is 769 g/mol. The zero-order valence-corrected chi connectivity index (χ0v) is 20.3. The van der Waals surface area contributed by atoms with Crippen LogP contribution in [0.2, 0.25) is 0 Å². The van der Waals surface area contributed by atoms with Crippen LogP contribution >= 0.6 is 61.7 Å². The number of nitrogens with zero attached hydrogens (tertiary/aromatic N) is 3. The maximum absolute atomic E-state index is 3.39. The molecule has 2 aromatic rings. The molecule has 0 unspecified atom stereocenters. The van der Waals surface area contributed by atoms with Gasteiger partial charge in [-0.2, -0.15) is 1.33 Å². The zero-order valence-electron chi connectivity index (χ0n) is 12.2. The van der Waals surface area contributed by atoms with Crippen molar-refractivity contribution in [2.24, 2.45) is 13.0 Å². The van der Waals surface area contributed by atoms with Crippen molar-refractivity contribution in [2.45, 2.75) is 25.9 Å². The molecule has 1 saturated carbocycles. The third kappa shape index (κ3) is 6.87. The monoisotopic (exact) mass is 768 g/mol. The summed E-state index contributed by atoms with van der Waals surface area (Å²) in [4.78, 5) is 0. The van der Waals surface area contributed by atoms with Crippen LogP contribution in [0, 0.1) is 9.72 Å². The molecule has 0 atom stereocenters.